The number of hydrogen-bond donors (Lipinski definition) is 2. The fraction of sp³-hybridized carbons (Fsp3) is 0.714. The van der Waals surface area contributed by atoms with Crippen molar-refractivity contribution in [3.8, 4) is 0 Å². The fourth-order valence-corrected chi connectivity index (χ4v) is 0.144. The third-order valence-corrected chi connectivity index (χ3v) is 0.702. The zero-order chi connectivity index (χ0) is 7.54. The molecule has 0 aromatic carbocycles. The molecule has 0 aliphatic carbocycles. The van der Waals surface area contributed by atoms with Gasteiger partial charge in [0.15, 0.2) is 0 Å². The van der Waals surface area contributed by atoms with Gasteiger partial charge in [0, 0.05) is 6.54 Å². The first-order chi connectivity index (χ1) is 4.33. The fourth-order valence-electron chi connectivity index (χ4n) is 0.144. The van der Waals surface area contributed by atoms with Crippen molar-refractivity contribution >= 4 is 0 Å². The summed E-state index contributed by atoms with van der Waals surface area (Å²) in [5.74, 6) is 0. The summed E-state index contributed by atoms with van der Waals surface area (Å²) in [5.41, 5.74) is 0. The highest BCUT2D eigenvalue weighted by atomic mass is 14.8. The average molecular weight is 130 g/mol. The number of likely N-dealkylation sites (N-methyl/N-ethyl adjacent to an activating group) is 1. The topological polar surface area (TPSA) is 24.1 Å². The normalized spacial score (nSPS) is 7.44. The molecule has 0 fully saturated rings. The quantitative estimate of drug-likeness (QED) is 0.547. The van der Waals surface area contributed by atoms with Gasteiger partial charge in [0.25, 0.3) is 0 Å². The van der Waals surface area contributed by atoms with Crippen LogP contribution in [0.2, 0.25) is 0 Å². The van der Waals surface area contributed by atoms with Crippen LogP contribution in [0.15, 0.2) is 12.7 Å². The summed E-state index contributed by atoms with van der Waals surface area (Å²) in [5, 5.41) is 5.83. The Kier molecular flexibility index (Phi) is 19.9. The number of rotatable bonds is 3. The van der Waals surface area contributed by atoms with Gasteiger partial charge in [0.05, 0.1) is 0 Å². The molecular formula is C7H18N2. The van der Waals surface area contributed by atoms with E-state index < -0.39 is 0 Å². The van der Waals surface area contributed by atoms with Crippen LogP contribution < -0.4 is 10.6 Å². The minimum Gasteiger partial charge on any atom is -0.320 e. The molecule has 0 bridgehead atoms. The van der Waals surface area contributed by atoms with Crippen LogP contribution in [0.4, 0.5) is 0 Å². The lowest BCUT2D eigenvalue weighted by Gasteiger charge is -1.79. The van der Waals surface area contributed by atoms with Crippen LogP contribution in [-0.4, -0.2) is 27.2 Å². The van der Waals surface area contributed by atoms with E-state index in [2.05, 4.69) is 24.1 Å². The van der Waals surface area contributed by atoms with Crippen LogP contribution in [0, 0.1) is 0 Å². The van der Waals surface area contributed by atoms with Crippen molar-refractivity contribution < 1.29 is 0 Å². The Morgan fingerprint density at radius 1 is 1.33 bits per heavy atom. The molecule has 0 aromatic heterocycles. The van der Waals surface area contributed by atoms with Crippen molar-refractivity contribution in [2.24, 2.45) is 0 Å². The van der Waals surface area contributed by atoms with Crippen molar-refractivity contribution in [3.05, 3.63) is 12.7 Å². The molecule has 2 nitrogen and oxygen atoms in total. The lowest BCUT2D eigenvalue weighted by atomic mass is 10.6. The molecule has 0 aromatic rings. The largest absolute Gasteiger partial charge is 0.320 e. The zero-order valence-electron chi connectivity index (χ0n) is 6.70. The Morgan fingerprint density at radius 2 is 1.78 bits per heavy atom. The molecule has 0 saturated carbocycles. The van der Waals surface area contributed by atoms with Gasteiger partial charge < -0.3 is 10.6 Å². The van der Waals surface area contributed by atoms with Gasteiger partial charge in [0.1, 0.15) is 0 Å². The van der Waals surface area contributed by atoms with Gasteiger partial charge in [-0.25, -0.2) is 0 Å². The summed E-state index contributed by atoms with van der Waals surface area (Å²) in [4.78, 5) is 0. The molecule has 0 atom stereocenters. The van der Waals surface area contributed by atoms with Crippen molar-refractivity contribution in [1.29, 1.82) is 0 Å². The van der Waals surface area contributed by atoms with E-state index in [4.69, 9.17) is 0 Å². The van der Waals surface area contributed by atoms with Gasteiger partial charge in [-0.3, -0.25) is 0 Å². The third kappa shape index (κ3) is 34.7. The van der Waals surface area contributed by atoms with Crippen LogP contribution >= 0.6 is 0 Å². The molecule has 0 rings (SSSR count). The Bertz CT molecular complexity index is 42.2. The molecule has 9 heavy (non-hydrogen) atoms. The van der Waals surface area contributed by atoms with Crippen LogP contribution in [0.5, 0.6) is 0 Å². The number of nitrogens with one attached hydrogen (secondary N) is 2. The second-order valence-corrected chi connectivity index (χ2v) is 1.55. The Balaban J connectivity index is 0. The van der Waals surface area contributed by atoms with Crippen LogP contribution in [0.25, 0.3) is 0 Å². The molecule has 2 N–H and O–H groups in total. The maximum atomic E-state index is 3.49. The maximum Gasteiger partial charge on any atom is 0.0129 e. The van der Waals surface area contributed by atoms with Crippen molar-refractivity contribution in [3.63, 3.8) is 0 Å². The molecule has 0 aliphatic heterocycles. The second-order valence-electron chi connectivity index (χ2n) is 1.55. The van der Waals surface area contributed by atoms with E-state index in [0.29, 0.717) is 0 Å². The molecule has 0 aliphatic rings. The third-order valence-electron chi connectivity index (χ3n) is 0.702. The van der Waals surface area contributed by atoms with Gasteiger partial charge in [-0.1, -0.05) is 13.0 Å². The SMILES string of the molecule is C=CCNC.CCNC. The zero-order valence-corrected chi connectivity index (χ0v) is 6.70. The standard InChI is InChI=1S/C4H9N.C3H9N/c1-3-4-5-2;1-3-4-2/h3,5H,1,4H2,2H3;4H,3H2,1-2H3. The molecule has 0 unspecified atom stereocenters. The van der Waals surface area contributed by atoms with Gasteiger partial charge in [0.2, 0.25) is 0 Å². The lowest BCUT2D eigenvalue weighted by molar-refractivity contribution is 0.864. The summed E-state index contributed by atoms with van der Waals surface area (Å²) in [6.45, 7) is 7.53. The molecule has 0 heterocycles. The molecule has 56 valence electrons. The van der Waals surface area contributed by atoms with Gasteiger partial charge in [-0.05, 0) is 20.6 Å². The van der Waals surface area contributed by atoms with Gasteiger partial charge in [-0.2, -0.15) is 0 Å². The van der Waals surface area contributed by atoms with E-state index in [-0.39, 0.29) is 0 Å². The summed E-state index contributed by atoms with van der Waals surface area (Å²) < 4.78 is 0. The van der Waals surface area contributed by atoms with E-state index in [1.54, 1.807) is 0 Å². The second kappa shape index (κ2) is 15.6. The highest BCUT2D eigenvalue weighted by Gasteiger charge is 1.56. The van der Waals surface area contributed by atoms with Crippen molar-refractivity contribution in [2.75, 3.05) is 27.2 Å². The lowest BCUT2D eigenvalue weighted by Crippen LogP contribution is -2.02. The van der Waals surface area contributed by atoms with E-state index in [1.165, 1.54) is 0 Å². The molecule has 0 saturated heterocycles. The average Bonchev–Trinajstić information content (AvgIpc) is 1.91. The van der Waals surface area contributed by atoms with Crippen LogP contribution in [0.3, 0.4) is 0 Å². The summed E-state index contributed by atoms with van der Waals surface area (Å²) in [7, 11) is 3.82. The Labute approximate surface area is 58.3 Å². The minimum atomic E-state index is 0.903. The molecule has 0 spiro atoms. The summed E-state index contributed by atoms with van der Waals surface area (Å²) in [6.07, 6.45) is 1.82. The molecule has 2 heteroatoms. The van der Waals surface area contributed by atoms with E-state index in [9.17, 15) is 0 Å². The smallest absolute Gasteiger partial charge is 0.0129 e. The first-order valence-electron chi connectivity index (χ1n) is 3.23. The van der Waals surface area contributed by atoms with Crippen molar-refractivity contribution in [2.45, 2.75) is 6.92 Å². The summed E-state index contributed by atoms with van der Waals surface area (Å²) >= 11 is 0. The first kappa shape index (κ1) is 11.5. The molecule has 0 amide bonds. The highest BCUT2D eigenvalue weighted by molar-refractivity contribution is 4.66. The predicted octanol–water partition coefficient (Wildman–Crippen LogP) is 0.617. The van der Waals surface area contributed by atoms with Crippen LogP contribution in [0.1, 0.15) is 6.92 Å². The van der Waals surface area contributed by atoms with Crippen LogP contribution in [-0.2, 0) is 0 Å². The predicted molar refractivity (Wildman–Crippen MR) is 43.7 cm³/mol. The van der Waals surface area contributed by atoms with Gasteiger partial charge >= 0.3 is 0 Å². The van der Waals surface area contributed by atoms with E-state index in [0.717, 1.165) is 13.1 Å². The monoisotopic (exact) mass is 130 g/mol. The summed E-state index contributed by atoms with van der Waals surface area (Å²) in [6, 6.07) is 0. The Morgan fingerprint density at radius 3 is 1.78 bits per heavy atom. The number of hydrogen-bond acceptors (Lipinski definition) is 2. The molecular weight excluding hydrogens is 112 g/mol. The van der Waals surface area contributed by atoms with Gasteiger partial charge in [-0.15, -0.1) is 6.58 Å². The first-order valence-corrected chi connectivity index (χ1v) is 3.23. The minimum absolute atomic E-state index is 0.903. The Hall–Kier alpha value is -0.340. The highest BCUT2D eigenvalue weighted by Crippen LogP contribution is 1.48. The van der Waals surface area contributed by atoms with Crippen molar-refractivity contribution in [1.82, 2.24) is 10.6 Å². The molecule has 0 radical (unpaired) electrons. The van der Waals surface area contributed by atoms with E-state index >= 15 is 0 Å². The van der Waals surface area contributed by atoms with E-state index in [1.807, 2.05) is 20.2 Å². The maximum absolute atomic E-state index is 3.49.